The number of carbonyl (C=O) groups is 1. The smallest absolute Gasteiger partial charge is 0.133 e. The summed E-state index contributed by atoms with van der Waals surface area (Å²) in [5.41, 5.74) is 4.20. The van der Waals surface area contributed by atoms with Crippen LogP contribution in [-0.2, 0) is 17.6 Å². The van der Waals surface area contributed by atoms with Crippen LogP contribution in [0.5, 0.6) is 0 Å². The van der Waals surface area contributed by atoms with E-state index in [0.717, 1.165) is 19.3 Å². The molecule has 1 nitrogen and oxygen atoms in total. The van der Waals surface area contributed by atoms with Crippen LogP contribution in [0.2, 0.25) is 0 Å². The van der Waals surface area contributed by atoms with E-state index < -0.39 is 0 Å². The molecule has 0 fully saturated rings. The number of aryl methyl sites for hydroxylation is 2. The Morgan fingerprint density at radius 3 is 2.93 bits per heavy atom. The summed E-state index contributed by atoms with van der Waals surface area (Å²) >= 11 is 0. The molecule has 1 aromatic carbocycles. The molecule has 1 heteroatoms. The number of ketones is 1. The lowest BCUT2D eigenvalue weighted by molar-refractivity contribution is -0.121. The van der Waals surface area contributed by atoms with Crippen LogP contribution in [0.25, 0.3) is 0 Å². The Balaban J connectivity index is 2.33. The number of Topliss-reactive ketones (excluding diaryl/α,β-unsaturated/α-hetero) is 1. The van der Waals surface area contributed by atoms with E-state index in [2.05, 4.69) is 25.1 Å². The summed E-state index contributed by atoms with van der Waals surface area (Å²) in [7, 11) is 0. The first-order valence-corrected chi connectivity index (χ1v) is 5.26. The van der Waals surface area contributed by atoms with Crippen LogP contribution in [0.4, 0.5) is 0 Å². The number of fused-ring (bicyclic) bond motifs is 1. The van der Waals surface area contributed by atoms with Gasteiger partial charge in [-0.3, -0.25) is 4.79 Å². The SMILES string of the molecule is CC(=O)C1CCc2cccc(C)c2C1. The highest BCUT2D eigenvalue weighted by atomic mass is 16.1. The lowest BCUT2D eigenvalue weighted by Crippen LogP contribution is -2.21. The van der Waals surface area contributed by atoms with Gasteiger partial charge < -0.3 is 0 Å². The summed E-state index contributed by atoms with van der Waals surface area (Å²) in [6.07, 6.45) is 3.06. The highest BCUT2D eigenvalue weighted by Gasteiger charge is 2.22. The quantitative estimate of drug-likeness (QED) is 0.662. The number of hydrogen-bond donors (Lipinski definition) is 0. The average Bonchev–Trinajstić information content (AvgIpc) is 2.18. The summed E-state index contributed by atoms with van der Waals surface area (Å²) in [5, 5.41) is 0. The van der Waals surface area contributed by atoms with Crippen LogP contribution in [-0.4, -0.2) is 5.78 Å². The van der Waals surface area contributed by atoms with Crippen molar-refractivity contribution < 1.29 is 4.79 Å². The number of benzene rings is 1. The van der Waals surface area contributed by atoms with Crippen molar-refractivity contribution in [3.05, 3.63) is 34.9 Å². The number of carbonyl (C=O) groups excluding carboxylic acids is 1. The minimum absolute atomic E-state index is 0.267. The third-order valence-corrected chi connectivity index (χ3v) is 3.29. The molecular weight excluding hydrogens is 172 g/mol. The minimum atomic E-state index is 0.267. The van der Waals surface area contributed by atoms with Crippen molar-refractivity contribution in [1.29, 1.82) is 0 Å². The summed E-state index contributed by atoms with van der Waals surface area (Å²) in [6.45, 7) is 3.86. The molecule has 0 aromatic heterocycles. The predicted molar refractivity (Wildman–Crippen MR) is 57.4 cm³/mol. The zero-order valence-corrected chi connectivity index (χ0v) is 8.84. The molecule has 0 spiro atoms. The fraction of sp³-hybridized carbons (Fsp3) is 0.462. The molecule has 1 aliphatic rings. The third kappa shape index (κ3) is 1.59. The molecule has 0 aliphatic heterocycles. The van der Waals surface area contributed by atoms with Crippen LogP contribution in [0.15, 0.2) is 18.2 Å². The van der Waals surface area contributed by atoms with Gasteiger partial charge in [0.05, 0.1) is 0 Å². The molecule has 74 valence electrons. The fourth-order valence-electron chi connectivity index (χ4n) is 2.31. The van der Waals surface area contributed by atoms with Gasteiger partial charge in [0.2, 0.25) is 0 Å². The first-order valence-electron chi connectivity index (χ1n) is 5.26. The van der Waals surface area contributed by atoms with E-state index in [1.165, 1.54) is 16.7 Å². The highest BCUT2D eigenvalue weighted by Crippen LogP contribution is 2.28. The second-order valence-electron chi connectivity index (χ2n) is 4.26. The fourth-order valence-corrected chi connectivity index (χ4v) is 2.31. The summed E-state index contributed by atoms with van der Waals surface area (Å²) < 4.78 is 0. The summed E-state index contributed by atoms with van der Waals surface area (Å²) in [4.78, 5) is 11.3. The second kappa shape index (κ2) is 3.56. The van der Waals surface area contributed by atoms with E-state index in [1.54, 1.807) is 6.92 Å². The molecule has 2 rings (SSSR count). The molecule has 0 N–H and O–H groups in total. The van der Waals surface area contributed by atoms with Crippen molar-refractivity contribution in [2.24, 2.45) is 5.92 Å². The van der Waals surface area contributed by atoms with Crippen LogP contribution >= 0.6 is 0 Å². The monoisotopic (exact) mass is 188 g/mol. The third-order valence-electron chi connectivity index (χ3n) is 3.29. The first kappa shape index (κ1) is 9.45. The van der Waals surface area contributed by atoms with Crippen molar-refractivity contribution >= 4 is 5.78 Å². The van der Waals surface area contributed by atoms with Crippen LogP contribution in [0.1, 0.15) is 30.0 Å². The normalized spacial score (nSPS) is 20.3. The molecule has 0 radical (unpaired) electrons. The molecule has 0 saturated heterocycles. The van der Waals surface area contributed by atoms with Gasteiger partial charge in [-0.2, -0.15) is 0 Å². The molecule has 0 saturated carbocycles. The molecule has 1 atom stereocenters. The Labute approximate surface area is 85.1 Å². The topological polar surface area (TPSA) is 17.1 Å². The lowest BCUT2D eigenvalue weighted by atomic mass is 9.80. The Morgan fingerprint density at radius 1 is 1.43 bits per heavy atom. The zero-order valence-electron chi connectivity index (χ0n) is 8.84. The van der Waals surface area contributed by atoms with E-state index in [0.29, 0.717) is 5.78 Å². The standard InChI is InChI=1S/C13H16O/c1-9-4-3-5-11-6-7-12(10(2)14)8-13(9)11/h3-5,12H,6-8H2,1-2H3. The van der Waals surface area contributed by atoms with Gasteiger partial charge in [0.25, 0.3) is 0 Å². The van der Waals surface area contributed by atoms with Crippen molar-refractivity contribution in [3.63, 3.8) is 0 Å². The Morgan fingerprint density at radius 2 is 2.21 bits per heavy atom. The maximum absolute atomic E-state index is 11.3. The maximum Gasteiger partial charge on any atom is 0.133 e. The van der Waals surface area contributed by atoms with E-state index in [1.807, 2.05) is 0 Å². The van der Waals surface area contributed by atoms with Crippen LogP contribution < -0.4 is 0 Å². The van der Waals surface area contributed by atoms with E-state index in [9.17, 15) is 4.79 Å². The molecule has 0 amide bonds. The largest absolute Gasteiger partial charge is 0.300 e. The van der Waals surface area contributed by atoms with Gasteiger partial charge in [0, 0.05) is 5.92 Å². The van der Waals surface area contributed by atoms with Crippen molar-refractivity contribution in [2.45, 2.75) is 33.1 Å². The average molecular weight is 188 g/mol. The van der Waals surface area contributed by atoms with Crippen molar-refractivity contribution in [2.75, 3.05) is 0 Å². The second-order valence-corrected chi connectivity index (χ2v) is 4.26. The zero-order chi connectivity index (χ0) is 10.1. The Kier molecular flexibility index (Phi) is 2.40. The Hall–Kier alpha value is -1.11. The summed E-state index contributed by atoms with van der Waals surface area (Å²) in [5.74, 6) is 0.613. The molecule has 0 heterocycles. The van der Waals surface area contributed by atoms with Gasteiger partial charge in [-0.1, -0.05) is 18.2 Å². The van der Waals surface area contributed by atoms with E-state index in [-0.39, 0.29) is 5.92 Å². The van der Waals surface area contributed by atoms with Gasteiger partial charge in [0.15, 0.2) is 0 Å². The molecule has 1 aliphatic carbocycles. The molecule has 0 bridgehead atoms. The number of hydrogen-bond acceptors (Lipinski definition) is 1. The van der Waals surface area contributed by atoms with E-state index in [4.69, 9.17) is 0 Å². The lowest BCUT2D eigenvalue weighted by Gasteiger charge is -2.24. The molecule has 14 heavy (non-hydrogen) atoms. The predicted octanol–water partition coefficient (Wildman–Crippen LogP) is 2.69. The Bertz CT molecular complexity index is 365. The van der Waals surface area contributed by atoms with Gasteiger partial charge in [-0.05, 0) is 49.8 Å². The minimum Gasteiger partial charge on any atom is -0.300 e. The van der Waals surface area contributed by atoms with Gasteiger partial charge in [0.1, 0.15) is 5.78 Å². The van der Waals surface area contributed by atoms with E-state index >= 15 is 0 Å². The number of rotatable bonds is 1. The van der Waals surface area contributed by atoms with Gasteiger partial charge in [-0.15, -0.1) is 0 Å². The molecule has 1 unspecified atom stereocenters. The van der Waals surface area contributed by atoms with Crippen LogP contribution in [0, 0.1) is 12.8 Å². The molecule has 1 aromatic rings. The first-order chi connectivity index (χ1) is 6.68. The highest BCUT2D eigenvalue weighted by molar-refractivity contribution is 5.79. The van der Waals surface area contributed by atoms with Gasteiger partial charge in [-0.25, -0.2) is 0 Å². The summed E-state index contributed by atoms with van der Waals surface area (Å²) in [6, 6.07) is 6.45. The van der Waals surface area contributed by atoms with Crippen molar-refractivity contribution in [3.8, 4) is 0 Å². The maximum atomic E-state index is 11.3. The van der Waals surface area contributed by atoms with Crippen LogP contribution in [0.3, 0.4) is 0 Å². The van der Waals surface area contributed by atoms with Gasteiger partial charge >= 0.3 is 0 Å². The molecular formula is C13H16O. The van der Waals surface area contributed by atoms with Crippen molar-refractivity contribution in [1.82, 2.24) is 0 Å².